The third-order valence-corrected chi connectivity index (χ3v) is 2.57. The average molecular weight is 217 g/mol. The number of benzene rings is 1. The van der Waals surface area contributed by atoms with Crippen LogP contribution in [0.25, 0.3) is 10.9 Å². The number of Topliss-reactive ketones (excluding diaryl/α,β-unsaturated/α-hetero) is 1. The number of nitrogens with zero attached hydrogens (tertiary/aromatic N) is 1. The van der Waals surface area contributed by atoms with Gasteiger partial charge in [0, 0.05) is 30.6 Å². The van der Waals surface area contributed by atoms with Gasteiger partial charge in [-0.1, -0.05) is 18.2 Å². The third kappa shape index (κ3) is 1.69. The fraction of sp³-hybridized carbons (Fsp3) is 0.167. The van der Waals surface area contributed by atoms with Crippen LogP contribution in [0.5, 0.6) is 0 Å². The maximum absolute atomic E-state index is 11.2. The molecule has 1 N–H and O–H groups in total. The van der Waals surface area contributed by atoms with E-state index in [1.165, 1.54) is 0 Å². The van der Waals surface area contributed by atoms with Crippen LogP contribution in [0.15, 0.2) is 30.5 Å². The predicted molar refractivity (Wildman–Crippen MR) is 59.3 cm³/mol. The van der Waals surface area contributed by atoms with Gasteiger partial charge in [0.05, 0.1) is 0 Å². The van der Waals surface area contributed by atoms with Crippen molar-refractivity contribution < 1.29 is 14.7 Å². The molecular weight excluding hydrogens is 206 g/mol. The van der Waals surface area contributed by atoms with Gasteiger partial charge >= 0.3 is 5.97 Å². The lowest BCUT2D eigenvalue weighted by molar-refractivity contribution is -0.148. The Kier molecular flexibility index (Phi) is 2.48. The highest BCUT2D eigenvalue weighted by Crippen LogP contribution is 2.20. The first-order valence-corrected chi connectivity index (χ1v) is 4.88. The Hall–Kier alpha value is -2.10. The largest absolute Gasteiger partial charge is 0.475 e. The minimum Gasteiger partial charge on any atom is -0.475 e. The summed E-state index contributed by atoms with van der Waals surface area (Å²) in [6.07, 6.45) is 1.74. The molecule has 0 bridgehead atoms. The normalized spacial score (nSPS) is 10.6. The van der Waals surface area contributed by atoms with Crippen molar-refractivity contribution in [2.24, 2.45) is 7.05 Å². The van der Waals surface area contributed by atoms with Crippen molar-refractivity contribution in [2.45, 2.75) is 6.42 Å². The van der Waals surface area contributed by atoms with Gasteiger partial charge in [-0.2, -0.15) is 0 Å². The molecule has 0 saturated heterocycles. The Bertz CT molecular complexity index is 569. The summed E-state index contributed by atoms with van der Waals surface area (Å²) in [5.74, 6) is -2.16. The van der Waals surface area contributed by atoms with Gasteiger partial charge in [-0.15, -0.1) is 0 Å². The number of aromatic nitrogens is 1. The maximum Gasteiger partial charge on any atom is 0.372 e. The topological polar surface area (TPSA) is 59.3 Å². The van der Waals surface area contributed by atoms with Crippen molar-refractivity contribution in [1.82, 2.24) is 4.57 Å². The van der Waals surface area contributed by atoms with Crippen molar-refractivity contribution in [3.05, 3.63) is 36.0 Å². The smallest absolute Gasteiger partial charge is 0.372 e. The van der Waals surface area contributed by atoms with E-state index < -0.39 is 11.8 Å². The second kappa shape index (κ2) is 3.81. The van der Waals surface area contributed by atoms with E-state index in [2.05, 4.69) is 0 Å². The lowest BCUT2D eigenvalue weighted by atomic mass is 10.1. The lowest BCUT2D eigenvalue weighted by Crippen LogP contribution is -2.14. The summed E-state index contributed by atoms with van der Waals surface area (Å²) in [5, 5.41) is 9.50. The van der Waals surface area contributed by atoms with Crippen LogP contribution >= 0.6 is 0 Å². The molecule has 0 amide bonds. The van der Waals surface area contributed by atoms with Crippen LogP contribution in [-0.2, 0) is 23.1 Å². The van der Waals surface area contributed by atoms with Crippen molar-refractivity contribution >= 4 is 22.7 Å². The monoisotopic (exact) mass is 217 g/mol. The van der Waals surface area contributed by atoms with E-state index in [0.717, 1.165) is 16.5 Å². The highest BCUT2D eigenvalue weighted by atomic mass is 16.4. The van der Waals surface area contributed by atoms with Gasteiger partial charge in [0.25, 0.3) is 0 Å². The molecule has 4 heteroatoms. The molecule has 0 aliphatic carbocycles. The zero-order valence-electron chi connectivity index (χ0n) is 8.80. The molecule has 0 fully saturated rings. The van der Waals surface area contributed by atoms with Gasteiger partial charge in [-0.25, -0.2) is 4.79 Å². The highest BCUT2D eigenvalue weighted by molar-refractivity contribution is 6.33. The van der Waals surface area contributed by atoms with Gasteiger partial charge < -0.3 is 9.67 Å². The molecule has 0 atom stereocenters. The zero-order valence-corrected chi connectivity index (χ0v) is 8.80. The minimum absolute atomic E-state index is 0.0588. The van der Waals surface area contributed by atoms with Gasteiger partial charge in [-0.3, -0.25) is 4.79 Å². The van der Waals surface area contributed by atoms with E-state index in [1.54, 1.807) is 6.20 Å². The second-order valence-corrected chi connectivity index (χ2v) is 3.69. The van der Waals surface area contributed by atoms with Gasteiger partial charge in [-0.05, 0) is 11.6 Å². The molecular formula is C12H11NO3. The van der Waals surface area contributed by atoms with E-state index >= 15 is 0 Å². The fourth-order valence-corrected chi connectivity index (χ4v) is 1.82. The molecule has 2 aromatic rings. The van der Waals surface area contributed by atoms with Gasteiger partial charge in [0.15, 0.2) is 0 Å². The van der Waals surface area contributed by atoms with E-state index in [1.807, 2.05) is 35.9 Å². The Morgan fingerprint density at radius 2 is 2.00 bits per heavy atom. The summed E-state index contributed by atoms with van der Waals surface area (Å²) in [6, 6.07) is 7.60. The summed E-state index contributed by atoms with van der Waals surface area (Å²) in [4.78, 5) is 21.6. The van der Waals surface area contributed by atoms with Gasteiger partial charge in [0.1, 0.15) is 0 Å². The number of aryl methyl sites for hydroxylation is 1. The van der Waals surface area contributed by atoms with E-state index in [4.69, 9.17) is 5.11 Å². The standard InChI is InChI=1S/C12H11NO3/c1-13-7-8(6-11(14)12(15)16)9-4-2-3-5-10(9)13/h2-5,7H,6H2,1H3,(H,15,16). The van der Waals surface area contributed by atoms with Crippen LogP contribution in [0.4, 0.5) is 0 Å². The number of ketones is 1. The summed E-state index contributed by atoms with van der Waals surface area (Å²) in [5.41, 5.74) is 1.75. The van der Waals surface area contributed by atoms with Crippen molar-refractivity contribution in [3.63, 3.8) is 0 Å². The number of hydrogen-bond acceptors (Lipinski definition) is 2. The van der Waals surface area contributed by atoms with Crippen molar-refractivity contribution in [2.75, 3.05) is 0 Å². The van der Waals surface area contributed by atoms with Crippen molar-refractivity contribution in [1.29, 1.82) is 0 Å². The SMILES string of the molecule is Cn1cc(CC(=O)C(=O)O)c2ccccc21. The van der Waals surface area contributed by atoms with Crippen molar-refractivity contribution in [3.8, 4) is 0 Å². The molecule has 2 rings (SSSR count). The molecule has 0 aliphatic heterocycles. The molecule has 16 heavy (non-hydrogen) atoms. The summed E-state index contributed by atoms with van der Waals surface area (Å²) in [6.45, 7) is 0. The Balaban J connectivity index is 2.46. The van der Waals surface area contributed by atoms with E-state index in [-0.39, 0.29) is 6.42 Å². The Labute approximate surface area is 92.1 Å². The quantitative estimate of drug-likeness (QED) is 0.790. The Morgan fingerprint density at radius 1 is 1.31 bits per heavy atom. The number of para-hydroxylation sites is 1. The molecule has 1 heterocycles. The van der Waals surface area contributed by atoms with Crippen LogP contribution in [0.1, 0.15) is 5.56 Å². The minimum atomic E-state index is -1.38. The third-order valence-electron chi connectivity index (χ3n) is 2.57. The van der Waals surface area contributed by atoms with Gasteiger partial charge in [0.2, 0.25) is 5.78 Å². The van der Waals surface area contributed by atoms with Crippen LogP contribution in [0.3, 0.4) is 0 Å². The maximum atomic E-state index is 11.2. The molecule has 0 spiro atoms. The molecule has 0 aliphatic rings. The molecule has 4 nitrogen and oxygen atoms in total. The number of rotatable bonds is 3. The number of carbonyl (C=O) groups excluding carboxylic acids is 1. The number of aliphatic carboxylic acids is 1. The number of hydrogen-bond donors (Lipinski definition) is 1. The van der Waals surface area contributed by atoms with E-state index in [9.17, 15) is 9.59 Å². The summed E-state index contributed by atoms with van der Waals surface area (Å²) >= 11 is 0. The first-order chi connectivity index (χ1) is 7.59. The highest BCUT2D eigenvalue weighted by Gasteiger charge is 2.15. The molecule has 1 aromatic heterocycles. The first kappa shape index (κ1) is 10.4. The lowest BCUT2D eigenvalue weighted by Gasteiger charge is -1.95. The molecule has 0 saturated carbocycles. The molecule has 82 valence electrons. The summed E-state index contributed by atoms with van der Waals surface area (Å²) in [7, 11) is 1.87. The first-order valence-electron chi connectivity index (χ1n) is 4.88. The number of carboxylic acid groups (broad SMARTS) is 1. The Morgan fingerprint density at radius 3 is 2.69 bits per heavy atom. The molecule has 0 unspecified atom stereocenters. The number of carbonyl (C=O) groups is 2. The summed E-state index contributed by atoms with van der Waals surface area (Å²) < 4.78 is 1.89. The van der Waals surface area contributed by atoms with Crippen LogP contribution in [-0.4, -0.2) is 21.4 Å². The van der Waals surface area contributed by atoms with Crippen LogP contribution < -0.4 is 0 Å². The molecule has 1 aromatic carbocycles. The number of fused-ring (bicyclic) bond motifs is 1. The number of carboxylic acids is 1. The second-order valence-electron chi connectivity index (χ2n) is 3.69. The van der Waals surface area contributed by atoms with E-state index in [0.29, 0.717) is 0 Å². The predicted octanol–water partition coefficient (Wildman–Crippen LogP) is 1.37. The van der Waals surface area contributed by atoms with Crippen LogP contribution in [0.2, 0.25) is 0 Å². The van der Waals surface area contributed by atoms with Crippen LogP contribution in [0, 0.1) is 0 Å². The zero-order chi connectivity index (χ0) is 11.7. The fourth-order valence-electron chi connectivity index (χ4n) is 1.82. The molecule has 0 radical (unpaired) electrons. The average Bonchev–Trinajstić information content (AvgIpc) is 2.57.